The summed E-state index contributed by atoms with van der Waals surface area (Å²) in [5, 5.41) is 0.822. The summed E-state index contributed by atoms with van der Waals surface area (Å²) in [4.78, 5) is 18.2. The third-order valence-corrected chi connectivity index (χ3v) is 6.20. The van der Waals surface area contributed by atoms with Gasteiger partial charge in [0.2, 0.25) is 0 Å². The normalized spacial score (nSPS) is 15.0. The number of fused-ring (bicyclic) bond motifs is 1. The fourth-order valence-corrected chi connectivity index (χ4v) is 4.47. The number of hydrogen-bond donors (Lipinski definition) is 0. The topological polar surface area (TPSA) is 44.1 Å². The van der Waals surface area contributed by atoms with Crippen LogP contribution in [0.5, 0.6) is 5.75 Å². The van der Waals surface area contributed by atoms with Gasteiger partial charge in [-0.3, -0.25) is 9.36 Å². The monoisotopic (exact) mass is 402 g/mol. The van der Waals surface area contributed by atoms with Gasteiger partial charge in [-0.25, -0.2) is 4.98 Å². The molecule has 0 fully saturated rings. The van der Waals surface area contributed by atoms with E-state index in [1.807, 2.05) is 13.8 Å². The Morgan fingerprint density at radius 2 is 2.04 bits per heavy atom. The van der Waals surface area contributed by atoms with Gasteiger partial charge in [0.1, 0.15) is 5.75 Å². The Labute approximate surface area is 157 Å². The van der Waals surface area contributed by atoms with Crippen molar-refractivity contribution in [2.45, 2.75) is 48.4 Å². The maximum Gasteiger partial charge on any atom is 0.573 e. The van der Waals surface area contributed by atoms with E-state index in [0.29, 0.717) is 15.7 Å². The second kappa shape index (κ2) is 7.56. The fraction of sp³-hybridized carbons (Fsp3) is 0.412. The number of nitrogens with zero attached hydrogens (tertiary/aromatic N) is 2. The van der Waals surface area contributed by atoms with Crippen LogP contribution in [0.4, 0.5) is 13.2 Å². The summed E-state index contributed by atoms with van der Waals surface area (Å²) in [6.07, 6.45) is -3.09. The molecule has 3 rings (SSSR count). The summed E-state index contributed by atoms with van der Waals surface area (Å²) >= 11 is 2.96. The second-order valence-electron chi connectivity index (χ2n) is 5.79. The molecule has 0 aliphatic carbocycles. The molecule has 9 heteroatoms. The Hall–Kier alpha value is -1.61. The van der Waals surface area contributed by atoms with Crippen molar-refractivity contribution < 1.29 is 17.9 Å². The van der Waals surface area contributed by atoms with Crippen LogP contribution in [-0.2, 0) is 6.42 Å². The highest BCUT2D eigenvalue weighted by Gasteiger charge is 2.31. The molecule has 0 unspecified atom stereocenters. The van der Waals surface area contributed by atoms with Gasteiger partial charge in [0.05, 0.1) is 16.3 Å². The molecule has 1 aromatic heterocycles. The summed E-state index contributed by atoms with van der Waals surface area (Å²) in [5.41, 5.74) is 1.10. The van der Waals surface area contributed by atoms with Gasteiger partial charge in [0, 0.05) is 17.4 Å². The first-order valence-electron chi connectivity index (χ1n) is 8.10. The number of hydrogen-bond acceptors (Lipinski definition) is 5. The molecular weight excluding hydrogens is 385 g/mol. The second-order valence-corrected chi connectivity index (χ2v) is 8.30. The molecule has 1 atom stereocenters. The number of thioether (sulfide) groups is 2. The number of aromatic nitrogens is 2. The van der Waals surface area contributed by atoms with Gasteiger partial charge >= 0.3 is 6.36 Å². The number of rotatable bonds is 5. The Balaban J connectivity index is 2.04. The first-order chi connectivity index (χ1) is 12.3. The van der Waals surface area contributed by atoms with Gasteiger partial charge in [-0.1, -0.05) is 25.6 Å². The molecule has 0 spiro atoms. The van der Waals surface area contributed by atoms with E-state index in [1.165, 1.54) is 52.4 Å². The molecule has 0 saturated carbocycles. The summed E-state index contributed by atoms with van der Waals surface area (Å²) in [5.74, 6) is 0.488. The van der Waals surface area contributed by atoms with Crippen molar-refractivity contribution in [1.82, 2.24) is 9.55 Å². The molecule has 0 N–H and O–H groups in total. The minimum atomic E-state index is -4.75. The van der Waals surface area contributed by atoms with E-state index in [9.17, 15) is 18.0 Å². The Morgan fingerprint density at radius 3 is 2.65 bits per heavy atom. The Bertz CT molecular complexity index is 851. The predicted octanol–water partition coefficient (Wildman–Crippen LogP) is 4.67. The van der Waals surface area contributed by atoms with Gasteiger partial charge in [0.15, 0.2) is 5.16 Å². The van der Waals surface area contributed by atoms with Crippen molar-refractivity contribution in [2.75, 3.05) is 5.75 Å². The zero-order valence-electron chi connectivity index (χ0n) is 14.2. The van der Waals surface area contributed by atoms with Crippen molar-refractivity contribution in [3.05, 3.63) is 40.3 Å². The maximum atomic E-state index is 12.9. The summed E-state index contributed by atoms with van der Waals surface area (Å²) in [6, 6.07) is 5.29. The number of aryl methyl sites for hydroxylation is 1. The molecule has 1 aliphatic rings. The van der Waals surface area contributed by atoms with Gasteiger partial charge in [-0.05, 0) is 30.7 Å². The molecule has 1 aliphatic heterocycles. The van der Waals surface area contributed by atoms with E-state index in [4.69, 9.17) is 0 Å². The van der Waals surface area contributed by atoms with Crippen molar-refractivity contribution in [3.8, 4) is 11.4 Å². The third kappa shape index (κ3) is 4.20. The fourth-order valence-electron chi connectivity index (χ4n) is 2.46. The van der Waals surface area contributed by atoms with Crippen molar-refractivity contribution in [3.63, 3.8) is 0 Å². The van der Waals surface area contributed by atoms with E-state index in [2.05, 4.69) is 9.72 Å². The lowest BCUT2D eigenvalue weighted by atomic mass is 10.3. The first kappa shape index (κ1) is 19.2. The molecular formula is C17H17F3N2O2S2. The quantitative estimate of drug-likeness (QED) is 0.537. The Kier molecular flexibility index (Phi) is 5.57. The van der Waals surface area contributed by atoms with E-state index < -0.39 is 6.36 Å². The Morgan fingerprint density at radius 1 is 1.35 bits per heavy atom. The minimum Gasteiger partial charge on any atom is -0.406 e. The zero-order chi connectivity index (χ0) is 18.9. The number of halogens is 3. The third-order valence-electron chi connectivity index (χ3n) is 3.88. The largest absolute Gasteiger partial charge is 0.573 e. The first-order valence-corrected chi connectivity index (χ1v) is 9.96. The molecule has 140 valence electrons. The SMILES string of the molecule is CC[C@H](C)Sc1nc2c(c(=O)n1-c1ccc(OC(F)(F)F)cc1)SCC2. The van der Waals surface area contributed by atoms with E-state index in [0.717, 1.165) is 24.3 Å². The highest BCUT2D eigenvalue weighted by Crippen LogP contribution is 2.32. The lowest BCUT2D eigenvalue weighted by Gasteiger charge is -2.16. The van der Waals surface area contributed by atoms with E-state index in [-0.39, 0.29) is 16.6 Å². The minimum absolute atomic E-state index is 0.173. The van der Waals surface area contributed by atoms with Gasteiger partial charge in [-0.15, -0.1) is 24.9 Å². The summed E-state index contributed by atoms with van der Waals surface area (Å²) in [7, 11) is 0. The summed E-state index contributed by atoms with van der Waals surface area (Å²) < 4.78 is 42.4. The number of benzene rings is 1. The van der Waals surface area contributed by atoms with Gasteiger partial charge < -0.3 is 4.74 Å². The highest BCUT2D eigenvalue weighted by atomic mass is 32.2. The molecule has 0 saturated heterocycles. The van der Waals surface area contributed by atoms with Crippen molar-refractivity contribution in [1.29, 1.82) is 0 Å². The van der Waals surface area contributed by atoms with Crippen LogP contribution in [0, 0.1) is 0 Å². The van der Waals surface area contributed by atoms with Crippen LogP contribution in [0.25, 0.3) is 5.69 Å². The van der Waals surface area contributed by atoms with Crippen LogP contribution in [-0.4, -0.2) is 26.9 Å². The molecule has 4 nitrogen and oxygen atoms in total. The average molecular weight is 402 g/mol. The van der Waals surface area contributed by atoms with Gasteiger partial charge in [0.25, 0.3) is 5.56 Å². The van der Waals surface area contributed by atoms with E-state index in [1.54, 1.807) is 0 Å². The molecule has 2 heterocycles. The maximum absolute atomic E-state index is 12.9. The molecule has 1 aromatic carbocycles. The van der Waals surface area contributed by atoms with Crippen molar-refractivity contribution >= 4 is 23.5 Å². The van der Waals surface area contributed by atoms with Crippen LogP contribution in [0.3, 0.4) is 0 Å². The number of ether oxygens (including phenoxy) is 1. The standard InChI is InChI=1S/C17H17F3N2O2S2/c1-3-10(2)26-16-21-13-8-9-25-14(13)15(23)22(16)11-4-6-12(7-5-11)24-17(18,19)20/h4-7,10H,3,8-9H2,1-2H3/t10-/m0/s1. The van der Waals surface area contributed by atoms with Crippen LogP contribution in [0.1, 0.15) is 26.0 Å². The molecule has 26 heavy (non-hydrogen) atoms. The number of alkyl halides is 3. The zero-order valence-corrected chi connectivity index (χ0v) is 15.8. The molecule has 0 radical (unpaired) electrons. The van der Waals surface area contributed by atoms with Crippen LogP contribution < -0.4 is 10.3 Å². The summed E-state index contributed by atoms with van der Waals surface area (Å²) in [6.45, 7) is 4.09. The molecule has 0 amide bonds. The smallest absolute Gasteiger partial charge is 0.406 e. The van der Waals surface area contributed by atoms with Gasteiger partial charge in [-0.2, -0.15) is 0 Å². The highest BCUT2D eigenvalue weighted by molar-refractivity contribution is 8.00. The van der Waals surface area contributed by atoms with Crippen LogP contribution >= 0.6 is 23.5 Å². The molecule has 0 bridgehead atoms. The lowest BCUT2D eigenvalue weighted by Crippen LogP contribution is -2.24. The predicted molar refractivity (Wildman–Crippen MR) is 96.6 cm³/mol. The lowest BCUT2D eigenvalue weighted by molar-refractivity contribution is -0.274. The van der Waals surface area contributed by atoms with E-state index >= 15 is 0 Å². The van der Waals surface area contributed by atoms with Crippen LogP contribution in [0.2, 0.25) is 0 Å². The average Bonchev–Trinajstić information content (AvgIpc) is 3.03. The van der Waals surface area contributed by atoms with Crippen LogP contribution in [0.15, 0.2) is 39.1 Å². The molecule has 2 aromatic rings. The van der Waals surface area contributed by atoms with Crippen molar-refractivity contribution in [2.24, 2.45) is 0 Å².